The van der Waals surface area contributed by atoms with E-state index in [-0.39, 0.29) is 18.5 Å². The Labute approximate surface area is 169 Å². The van der Waals surface area contributed by atoms with E-state index in [1.165, 1.54) is 32.1 Å². The largest absolute Gasteiger partial charge is 0.493 e. The summed E-state index contributed by atoms with van der Waals surface area (Å²) in [6.07, 6.45) is 7.89. The summed E-state index contributed by atoms with van der Waals surface area (Å²) < 4.78 is 16.9. The molecule has 0 heterocycles. The second-order valence-electron chi connectivity index (χ2n) is 7.09. The van der Waals surface area contributed by atoms with Gasteiger partial charge in [0.1, 0.15) is 17.6 Å². The van der Waals surface area contributed by atoms with E-state index in [9.17, 15) is 4.79 Å². The van der Waals surface area contributed by atoms with Gasteiger partial charge in [-0.15, -0.1) is 12.4 Å². The van der Waals surface area contributed by atoms with Gasteiger partial charge in [-0.2, -0.15) is 0 Å². The van der Waals surface area contributed by atoms with Crippen molar-refractivity contribution in [3.63, 3.8) is 0 Å². The molecule has 0 bridgehead atoms. The predicted octanol–water partition coefficient (Wildman–Crippen LogP) is 5.36. The molecular formula is C21H34ClNO4. The van der Waals surface area contributed by atoms with E-state index < -0.39 is 6.09 Å². The van der Waals surface area contributed by atoms with Crippen LogP contribution in [0, 0.1) is 5.92 Å². The van der Waals surface area contributed by atoms with Crippen molar-refractivity contribution in [3.8, 4) is 11.5 Å². The van der Waals surface area contributed by atoms with Crippen LogP contribution in [0.4, 0.5) is 4.79 Å². The van der Waals surface area contributed by atoms with Crippen molar-refractivity contribution in [2.45, 2.75) is 64.9 Å². The number of carbonyl (C=O) groups excluding carboxylic acids is 1. The molecule has 1 N–H and O–H groups in total. The van der Waals surface area contributed by atoms with Gasteiger partial charge in [0, 0.05) is 6.07 Å². The third-order valence-corrected chi connectivity index (χ3v) is 4.62. The van der Waals surface area contributed by atoms with Crippen LogP contribution in [0.3, 0.4) is 0 Å². The first-order valence-electron chi connectivity index (χ1n) is 9.97. The molecule has 0 saturated heterocycles. The molecule has 5 nitrogen and oxygen atoms in total. The molecule has 1 aliphatic rings. The summed E-state index contributed by atoms with van der Waals surface area (Å²) in [4.78, 5) is 11.6. The minimum Gasteiger partial charge on any atom is -0.493 e. The molecule has 154 valence electrons. The molecule has 1 fully saturated rings. The van der Waals surface area contributed by atoms with Crippen LogP contribution in [-0.4, -0.2) is 32.0 Å². The Morgan fingerprint density at radius 2 is 1.96 bits per heavy atom. The summed E-state index contributed by atoms with van der Waals surface area (Å²) in [5.74, 6) is 2.27. The standard InChI is InChI=1S/C21H33NO4.ClH/c1-3-4-13-24-21(23)22-15-17(2)26-20-12-8-11-19(14-20)25-16-18-9-6-5-7-10-18;/h8,11-12,14,17-18H,3-7,9-10,13,15-16H2,1-2H3,(H,22,23);1H. The zero-order valence-corrected chi connectivity index (χ0v) is 17.4. The maximum atomic E-state index is 11.6. The fraction of sp³-hybridized carbons (Fsp3) is 0.667. The second kappa shape index (κ2) is 13.5. The monoisotopic (exact) mass is 399 g/mol. The number of nitrogens with one attached hydrogen (secondary N) is 1. The normalized spacial score (nSPS) is 15.3. The number of unbranched alkanes of at least 4 members (excludes halogenated alkanes) is 1. The summed E-state index contributed by atoms with van der Waals surface area (Å²) >= 11 is 0. The molecule has 2 rings (SSSR count). The summed E-state index contributed by atoms with van der Waals surface area (Å²) in [5, 5.41) is 2.73. The van der Waals surface area contributed by atoms with Crippen molar-refractivity contribution in [1.29, 1.82) is 0 Å². The first-order chi connectivity index (χ1) is 12.7. The van der Waals surface area contributed by atoms with Crippen molar-refractivity contribution in [2.24, 2.45) is 5.92 Å². The van der Waals surface area contributed by atoms with Gasteiger partial charge in [0.25, 0.3) is 0 Å². The molecule has 1 saturated carbocycles. The minimum atomic E-state index is -0.390. The van der Waals surface area contributed by atoms with Crippen LogP contribution in [-0.2, 0) is 4.74 Å². The highest BCUT2D eigenvalue weighted by molar-refractivity contribution is 5.85. The van der Waals surface area contributed by atoms with Crippen LogP contribution in [0.2, 0.25) is 0 Å². The molecule has 0 aromatic heterocycles. The van der Waals surface area contributed by atoms with Gasteiger partial charge in [-0.25, -0.2) is 4.79 Å². The molecule has 1 atom stereocenters. The van der Waals surface area contributed by atoms with Gasteiger partial charge in [0.2, 0.25) is 0 Å². The molecule has 27 heavy (non-hydrogen) atoms. The average Bonchev–Trinajstić information content (AvgIpc) is 2.66. The van der Waals surface area contributed by atoms with E-state index in [4.69, 9.17) is 14.2 Å². The predicted molar refractivity (Wildman–Crippen MR) is 110 cm³/mol. The molecule has 1 amide bonds. The lowest BCUT2D eigenvalue weighted by Crippen LogP contribution is -2.34. The van der Waals surface area contributed by atoms with Crippen molar-refractivity contribution in [2.75, 3.05) is 19.8 Å². The summed E-state index contributed by atoms with van der Waals surface area (Å²) in [7, 11) is 0. The molecule has 1 aromatic carbocycles. The maximum Gasteiger partial charge on any atom is 0.407 e. The van der Waals surface area contributed by atoms with Crippen LogP contribution in [0.5, 0.6) is 11.5 Å². The van der Waals surface area contributed by atoms with E-state index in [0.29, 0.717) is 19.1 Å². The van der Waals surface area contributed by atoms with E-state index in [1.807, 2.05) is 31.2 Å². The van der Waals surface area contributed by atoms with Crippen LogP contribution in [0.15, 0.2) is 24.3 Å². The molecule has 0 radical (unpaired) electrons. The van der Waals surface area contributed by atoms with Crippen molar-refractivity contribution >= 4 is 18.5 Å². The molecule has 1 aromatic rings. The fourth-order valence-corrected chi connectivity index (χ4v) is 3.07. The molecule has 1 aliphatic carbocycles. The third-order valence-electron chi connectivity index (χ3n) is 4.62. The van der Waals surface area contributed by atoms with Crippen LogP contribution in [0.25, 0.3) is 0 Å². The number of hydrogen-bond donors (Lipinski definition) is 1. The lowest BCUT2D eigenvalue weighted by atomic mass is 9.90. The van der Waals surface area contributed by atoms with Gasteiger partial charge in [-0.05, 0) is 44.2 Å². The van der Waals surface area contributed by atoms with Gasteiger partial charge >= 0.3 is 6.09 Å². The van der Waals surface area contributed by atoms with E-state index in [2.05, 4.69) is 12.2 Å². The number of carbonyl (C=O) groups is 1. The Kier molecular flexibility index (Phi) is 11.7. The van der Waals surface area contributed by atoms with Crippen molar-refractivity contribution in [3.05, 3.63) is 24.3 Å². The number of rotatable bonds is 10. The summed E-state index contributed by atoms with van der Waals surface area (Å²) in [5.41, 5.74) is 0. The highest BCUT2D eigenvalue weighted by atomic mass is 35.5. The Bertz CT molecular complexity index is 535. The van der Waals surface area contributed by atoms with Gasteiger partial charge in [-0.1, -0.05) is 38.7 Å². The number of ether oxygens (including phenoxy) is 3. The number of benzene rings is 1. The molecule has 0 aliphatic heterocycles. The average molecular weight is 400 g/mol. The summed E-state index contributed by atoms with van der Waals surface area (Å²) in [6.45, 7) is 5.62. The first kappa shape index (κ1) is 23.4. The number of alkyl carbamates (subject to hydrolysis) is 1. The Balaban J connectivity index is 0.00000364. The lowest BCUT2D eigenvalue weighted by Gasteiger charge is -2.22. The maximum absolute atomic E-state index is 11.6. The first-order valence-corrected chi connectivity index (χ1v) is 9.97. The molecule has 1 unspecified atom stereocenters. The Hall–Kier alpha value is -1.62. The van der Waals surface area contributed by atoms with E-state index >= 15 is 0 Å². The highest BCUT2D eigenvalue weighted by Gasteiger charge is 2.14. The minimum absolute atomic E-state index is 0. The molecule has 6 heteroatoms. The summed E-state index contributed by atoms with van der Waals surface area (Å²) in [6, 6.07) is 7.72. The van der Waals surface area contributed by atoms with Crippen LogP contribution < -0.4 is 14.8 Å². The van der Waals surface area contributed by atoms with Gasteiger partial charge in [-0.3, -0.25) is 0 Å². The number of hydrogen-bond acceptors (Lipinski definition) is 4. The van der Waals surface area contributed by atoms with Crippen molar-refractivity contribution in [1.82, 2.24) is 5.32 Å². The fourth-order valence-electron chi connectivity index (χ4n) is 3.07. The second-order valence-corrected chi connectivity index (χ2v) is 7.09. The van der Waals surface area contributed by atoms with E-state index in [0.717, 1.165) is 30.9 Å². The Morgan fingerprint density at radius 3 is 2.70 bits per heavy atom. The third kappa shape index (κ3) is 9.76. The topological polar surface area (TPSA) is 56.8 Å². The van der Waals surface area contributed by atoms with Gasteiger partial charge < -0.3 is 19.5 Å². The highest BCUT2D eigenvalue weighted by Crippen LogP contribution is 2.26. The number of amides is 1. The zero-order chi connectivity index (χ0) is 18.6. The number of halogens is 1. The molecule has 0 spiro atoms. The smallest absolute Gasteiger partial charge is 0.407 e. The van der Waals surface area contributed by atoms with Gasteiger partial charge in [0.15, 0.2) is 0 Å². The van der Waals surface area contributed by atoms with Crippen LogP contribution >= 0.6 is 12.4 Å². The molecular weight excluding hydrogens is 366 g/mol. The van der Waals surface area contributed by atoms with Gasteiger partial charge in [0.05, 0.1) is 19.8 Å². The SMILES string of the molecule is CCCCOC(=O)NCC(C)Oc1cccc(OCC2CCCCC2)c1.Cl. The van der Waals surface area contributed by atoms with Crippen LogP contribution in [0.1, 0.15) is 58.8 Å². The quantitative estimate of drug-likeness (QED) is 0.538. The van der Waals surface area contributed by atoms with E-state index in [1.54, 1.807) is 0 Å². The Morgan fingerprint density at radius 1 is 1.22 bits per heavy atom. The zero-order valence-electron chi connectivity index (χ0n) is 16.6. The lowest BCUT2D eigenvalue weighted by molar-refractivity contribution is 0.137. The van der Waals surface area contributed by atoms with Crippen molar-refractivity contribution < 1.29 is 19.0 Å².